The van der Waals surface area contributed by atoms with E-state index in [-0.39, 0.29) is 5.15 Å². The zero-order chi connectivity index (χ0) is 10.8. The zero-order valence-electron chi connectivity index (χ0n) is 7.70. The van der Waals surface area contributed by atoms with Gasteiger partial charge < -0.3 is 10.4 Å². The van der Waals surface area contributed by atoms with Crippen molar-refractivity contribution < 1.29 is 9.90 Å². The summed E-state index contributed by atoms with van der Waals surface area (Å²) in [5.74, 6) is -0.365. The molecule has 2 N–H and O–H groups in total. The number of hydrogen-bond acceptors (Lipinski definition) is 4. The third-order valence-corrected chi connectivity index (χ3v) is 2.42. The van der Waals surface area contributed by atoms with Crippen LogP contribution in [0.3, 0.4) is 0 Å². The maximum atomic E-state index is 10.8. The Morgan fingerprint density at radius 1 is 1.53 bits per heavy atom. The van der Waals surface area contributed by atoms with Gasteiger partial charge in [0.15, 0.2) is 0 Å². The molecule has 2 heterocycles. The van der Waals surface area contributed by atoms with Gasteiger partial charge in [-0.05, 0) is 12.5 Å². The third kappa shape index (κ3) is 1.92. The van der Waals surface area contributed by atoms with Gasteiger partial charge in [0.05, 0.1) is 5.56 Å². The Morgan fingerprint density at radius 3 is 3.07 bits per heavy atom. The molecule has 2 rings (SSSR count). The second-order valence-corrected chi connectivity index (χ2v) is 3.44. The summed E-state index contributed by atoms with van der Waals surface area (Å²) in [7, 11) is 0. The first-order valence-corrected chi connectivity index (χ1v) is 4.74. The molecule has 0 saturated carbocycles. The van der Waals surface area contributed by atoms with Crippen molar-refractivity contribution in [1.29, 1.82) is 0 Å². The summed E-state index contributed by atoms with van der Waals surface area (Å²) in [6.45, 7) is 0.526. The number of carboxylic acids is 1. The van der Waals surface area contributed by atoms with Gasteiger partial charge in [-0.1, -0.05) is 11.6 Å². The zero-order valence-corrected chi connectivity index (χ0v) is 8.45. The molecule has 0 unspecified atom stereocenters. The molecule has 0 aliphatic carbocycles. The fourth-order valence-corrected chi connectivity index (χ4v) is 1.56. The van der Waals surface area contributed by atoms with Crippen molar-refractivity contribution in [2.24, 2.45) is 0 Å². The number of aromatic nitrogens is 2. The van der Waals surface area contributed by atoms with Gasteiger partial charge in [-0.15, -0.1) is 0 Å². The fourth-order valence-electron chi connectivity index (χ4n) is 1.37. The van der Waals surface area contributed by atoms with E-state index in [1.807, 2.05) is 0 Å². The minimum absolute atomic E-state index is 0.258. The predicted molar refractivity (Wildman–Crippen MR) is 55.8 cm³/mol. The Kier molecular flexibility index (Phi) is 2.55. The highest BCUT2D eigenvalue weighted by Crippen LogP contribution is 2.26. The van der Waals surface area contributed by atoms with Crippen molar-refractivity contribution in [3.05, 3.63) is 22.6 Å². The van der Waals surface area contributed by atoms with E-state index in [1.165, 1.54) is 12.4 Å². The predicted octanol–water partition coefficient (Wildman–Crippen LogP) is 1.41. The Bertz CT molecular complexity index is 445. The Morgan fingerprint density at radius 2 is 2.33 bits per heavy atom. The molecular formula is C9H8ClN3O2. The molecule has 1 aromatic heterocycles. The van der Waals surface area contributed by atoms with E-state index in [9.17, 15) is 4.79 Å². The molecule has 1 aliphatic heterocycles. The lowest BCUT2D eigenvalue weighted by Gasteiger charge is -2.04. The van der Waals surface area contributed by atoms with E-state index in [2.05, 4.69) is 15.3 Å². The van der Waals surface area contributed by atoms with Crippen LogP contribution in [-0.4, -0.2) is 27.6 Å². The first-order valence-electron chi connectivity index (χ1n) is 4.36. The van der Waals surface area contributed by atoms with Gasteiger partial charge in [0.1, 0.15) is 17.3 Å². The van der Waals surface area contributed by atoms with Crippen molar-refractivity contribution >= 4 is 29.5 Å². The van der Waals surface area contributed by atoms with E-state index in [0.717, 1.165) is 0 Å². The molecule has 15 heavy (non-hydrogen) atoms. The number of nitrogens with one attached hydrogen (secondary N) is 1. The second-order valence-electron chi connectivity index (χ2n) is 3.08. The minimum Gasteiger partial charge on any atom is -0.478 e. The molecule has 6 heteroatoms. The first kappa shape index (κ1) is 9.92. The molecule has 0 atom stereocenters. The minimum atomic E-state index is -0.940. The van der Waals surface area contributed by atoms with Crippen molar-refractivity contribution in [3.8, 4) is 0 Å². The summed E-state index contributed by atoms with van der Waals surface area (Å²) in [4.78, 5) is 18.6. The van der Waals surface area contributed by atoms with Crippen LogP contribution in [0.15, 0.2) is 11.9 Å². The second kappa shape index (κ2) is 3.86. The van der Waals surface area contributed by atoms with Crippen LogP contribution in [0.2, 0.25) is 5.15 Å². The Hall–Kier alpha value is -1.62. The number of carbonyl (C=O) groups is 1. The molecular weight excluding hydrogens is 218 g/mol. The number of aliphatic carboxylic acids is 1. The van der Waals surface area contributed by atoms with Crippen molar-refractivity contribution in [2.75, 3.05) is 11.9 Å². The monoisotopic (exact) mass is 225 g/mol. The largest absolute Gasteiger partial charge is 0.478 e. The van der Waals surface area contributed by atoms with E-state index < -0.39 is 5.97 Å². The lowest BCUT2D eigenvalue weighted by Crippen LogP contribution is -2.06. The quantitative estimate of drug-likeness (QED) is 0.707. The number of fused-ring (bicyclic) bond motifs is 1. The van der Waals surface area contributed by atoms with Crippen molar-refractivity contribution in [1.82, 2.24) is 9.97 Å². The van der Waals surface area contributed by atoms with Crippen molar-refractivity contribution in [2.45, 2.75) is 6.42 Å². The van der Waals surface area contributed by atoms with Crippen LogP contribution in [0.5, 0.6) is 0 Å². The Labute approximate surface area is 90.8 Å². The molecule has 0 spiro atoms. The van der Waals surface area contributed by atoms with Gasteiger partial charge >= 0.3 is 5.97 Å². The summed E-state index contributed by atoms with van der Waals surface area (Å²) in [6, 6.07) is 0. The summed E-state index contributed by atoms with van der Waals surface area (Å²) in [6.07, 6.45) is 3.29. The van der Waals surface area contributed by atoms with E-state index >= 15 is 0 Å². The lowest BCUT2D eigenvalue weighted by atomic mass is 10.1. The number of rotatable bonds is 1. The van der Waals surface area contributed by atoms with Gasteiger partial charge in [-0.3, -0.25) is 0 Å². The fraction of sp³-hybridized carbons (Fsp3) is 0.222. The molecule has 0 saturated heterocycles. The van der Waals surface area contributed by atoms with Crippen LogP contribution >= 0.6 is 11.6 Å². The van der Waals surface area contributed by atoms with E-state index in [1.54, 1.807) is 0 Å². The summed E-state index contributed by atoms with van der Waals surface area (Å²) >= 11 is 5.86. The molecule has 0 radical (unpaired) electrons. The Balaban J connectivity index is 2.53. The van der Waals surface area contributed by atoms with Crippen LogP contribution in [0.1, 0.15) is 12.0 Å². The average Bonchev–Trinajstić information content (AvgIpc) is 2.40. The number of carboxylic acid groups (broad SMARTS) is 1. The standard InChI is InChI=1S/C9H8ClN3O2/c10-7-6-3-5(9(14)15)1-2-11-8(6)13-4-12-7/h3-4H,1-2H2,(H,14,15)(H,11,12,13). The van der Waals surface area contributed by atoms with Gasteiger partial charge in [-0.2, -0.15) is 0 Å². The van der Waals surface area contributed by atoms with E-state index in [4.69, 9.17) is 16.7 Å². The van der Waals surface area contributed by atoms with Crippen molar-refractivity contribution in [3.63, 3.8) is 0 Å². The summed E-state index contributed by atoms with van der Waals surface area (Å²) < 4.78 is 0. The molecule has 0 bridgehead atoms. The molecule has 78 valence electrons. The highest BCUT2D eigenvalue weighted by molar-refractivity contribution is 6.31. The highest BCUT2D eigenvalue weighted by atomic mass is 35.5. The normalized spacial score (nSPS) is 14.6. The smallest absolute Gasteiger partial charge is 0.331 e. The highest BCUT2D eigenvalue weighted by Gasteiger charge is 2.16. The number of nitrogens with zero attached hydrogens (tertiary/aromatic N) is 2. The topological polar surface area (TPSA) is 75.1 Å². The maximum Gasteiger partial charge on any atom is 0.331 e. The van der Waals surface area contributed by atoms with Gasteiger partial charge in [0.25, 0.3) is 0 Å². The molecule has 1 aliphatic rings. The number of hydrogen-bond donors (Lipinski definition) is 2. The third-order valence-electron chi connectivity index (χ3n) is 2.12. The molecule has 0 amide bonds. The SMILES string of the molecule is O=C(O)C1=Cc2c(Cl)ncnc2NCC1. The molecule has 0 aromatic carbocycles. The molecule has 1 aromatic rings. The molecule has 5 nitrogen and oxygen atoms in total. The number of anilines is 1. The summed E-state index contributed by atoms with van der Waals surface area (Å²) in [5, 5.41) is 12.2. The van der Waals surface area contributed by atoms with Gasteiger partial charge in [0.2, 0.25) is 0 Å². The number of halogens is 1. The van der Waals surface area contributed by atoms with Crippen LogP contribution in [0.4, 0.5) is 5.82 Å². The summed E-state index contributed by atoms with van der Waals surface area (Å²) in [5.41, 5.74) is 0.840. The van der Waals surface area contributed by atoms with Crippen LogP contribution in [0, 0.1) is 0 Å². The van der Waals surface area contributed by atoms with Crippen LogP contribution in [0.25, 0.3) is 6.08 Å². The average molecular weight is 226 g/mol. The molecule has 0 fully saturated rings. The maximum absolute atomic E-state index is 10.8. The van der Waals surface area contributed by atoms with Gasteiger partial charge in [0, 0.05) is 12.1 Å². The lowest BCUT2D eigenvalue weighted by molar-refractivity contribution is -0.132. The first-order chi connectivity index (χ1) is 7.18. The van der Waals surface area contributed by atoms with Gasteiger partial charge in [-0.25, -0.2) is 14.8 Å². The van der Waals surface area contributed by atoms with Crippen LogP contribution < -0.4 is 5.32 Å². The van der Waals surface area contributed by atoms with E-state index in [0.29, 0.717) is 29.9 Å². The van der Waals surface area contributed by atoms with Crippen LogP contribution in [-0.2, 0) is 4.79 Å².